The number of nitrogens with one attached hydrogen (secondary N) is 1. The fourth-order valence-corrected chi connectivity index (χ4v) is 3.28. The number of rotatable bonds is 2. The van der Waals surface area contributed by atoms with Crippen LogP contribution in [0.2, 0.25) is 0 Å². The summed E-state index contributed by atoms with van der Waals surface area (Å²) in [5, 5.41) is 11.6. The molecule has 0 radical (unpaired) electrons. The highest BCUT2D eigenvalue weighted by Gasteiger charge is 2.34. The predicted octanol–water partition coefficient (Wildman–Crippen LogP) is 0.316. The molecule has 1 aliphatic rings. The molecule has 1 rings (SSSR count). The summed E-state index contributed by atoms with van der Waals surface area (Å²) in [6.07, 6.45) is 0.378. The van der Waals surface area contributed by atoms with Crippen LogP contribution < -0.4 is 5.32 Å². The highest BCUT2D eigenvalue weighted by atomic mass is 32.2. The zero-order chi connectivity index (χ0) is 15.6. The van der Waals surface area contributed by atoms with E-state index in [1.165, 1.54) is 4.90 Å². The minimum Gasteiger partial charge on any atom is -0.480 e. The summed E-state index contributed by atoms with van der Waals surface area (Å²) in [7, 11) is -3.10. The highest BCUT2D eigenvalue weighted by molar-refractivity contribution is 7.91. The van der Waals surface area contributed by atoms with Gasteiger partial charge in [0.1, 0.15) is 6.04 Å². The molecule has 0 aromatic carbocycles. The van der Waals surface area contributed by atoms with Crippen molar-refractivity contribution in [3.05, 3.63) is 0 Å². The van der Waals surface area contributed by atoms with E-state index in [9.17, 15) is 18.0 Å². The Morgan fingerprint density at radius 1 is 1.20 bits per heavy atom. The average Bonchev–Trinajstić information content (AvgIpc) is 2.44. The van der Waals surface area contributed by atoms with Gasteiger partial charge in [0.15, 0.2) is 9.84 Å². The minimum absolute atomic E-state index is 0.0679. The van der Waals surface area contributed by atoms with E-state index < -0.39 is 33.3 Å². The van der Waals surface area contributed by atoms with E-state index in [4.69, 9.17) is 5.11 Å². The number of hydrogen-bond donors (Lipinski definition) is 2. The van der Waals surface area contributed by atoms with Crippen LogP contribution in [0, 0.1) is 5.41 Å². The first-order chi connectivity index (χ1) is 9.03. The maximum Gasteiger partial charge on any atom is 0.326 e. The number of urea groups is 1. The molecule has 0 aliphatic carbocycles. The average molecular weight is 306 g/mol. The Morgan fingerprint density at radius 3 is 2.30 bits per heavy atom. The standard InChI is InChI=1S/C12H22N2O5S/c1-12(2,3)9(10(15)16)13-11(17)14-5-4-7-20(18,19)8-6-14/h9H,4-8H2,1-3H3,(H,13,17)(H,15,16). The fraction of sp³-hybridized carbons (Fsp3) is 0.833. The van der Waals surface area contributed by atoms with Gasteiger partial charge >= 0.3 is 12.0 Å². The Hall–Kier alpha value is -1.31. The number of sulfone groups is 1. The van der Waals surface area contributed by atoms with Gasteiger partial charge in [-0.1, -0.05) is 20.8 Å². The second kappa shape index (κ2) is 5.99. The lowest BCUT2D eigenvalue weighted by molar-refractivity contribution is -0.142. The molecule has 0 aromatic heterocycles. The van der Waals surface area contributed by atoms with Gasteiger partial charge in [-0.05, 0) is 11.8 Å². The SMILES string of the molecule is CC(C)(C)C(NC(=O)N1CCCS(=O)(=O)CC1)C(=O)O. The molecular weight excluding hydrogens is 284 g/mol. The van der Waals surface area contributed by atoms with Crippen molar-refractivity contribution in [3.8, 4) is 0 Å². The quantitative estimate of drug-likeness (QED) is 0.764. The van der Waals surface area contributed by atoms with Gasteiger partial charge in [0, 0.05) is 13.1 Å². The number of aliphatic carboxylic acids is 1. The summed E-state index contributed by atoms with van der Waals surface area (Å²) in [6.45, 7) is 5.59. The Bertz CT molecular complexity index is 481. The molecule has 7 nitrogen and oxygen atoms in total. The van der Waals surface area contributed by atoms with Crippen molar-refractivity contribution >= 4 is 21.8 Å². The molecule has 0 saturated carbocycles. The molecule has 1 fully saturated rings. The molecule has 1 heterocycles. The molecule has 1 saturated heterocycles. The van der Waals surface area contributed by atoms with Crippen molar-refractivity contribution in [2.45, 2.75) is 33.2 Å². The summed E-state index contributed by atoms with van der Waals surface area (Å²) in [6, 6.07) is -1.54. The first-order valence-electron chi connectivity index (χ1n) is 6.51. The van der Waals surface area contributed by atoms with Gasteiger partial charge in [-0.3, -0.25) is 0 Å². The molecule has 8 heteroatoms. The third-order valence-corrected chi connectivity index (χ3v) is 4.94. The van der Waals surface area contributed by atoms with E-state index in [0.717, 1.165) is 0 Å². The maximum absolute atomic E-state index is 12.1. The first kappa shape index (κ1) is 16.7. The molecule has 2 N–H and O–H groups in total. The Morgan fingerprint density at radius 2 is 1.80 bits per heavy atom. The monoisotopic (exact) mass is 306 g/mol. The number of carbonyl (C=O) groups is 2. The minimum atomic E-state index is -3.10. The molecule has 1 unspecified atom stereocenters. The number of amides is 2. The zero-order valence-electron chi connectivity index (χ0n) is 12.0. The highest BCUT2D eigenvalue weighted by Crippen LogP contribution is 2.20. The smallest absolute Gasteiger partial charge is 0.326 e. The molecule has 0 bridgehead atoms. The fourth-order valence-electron chi connectivity index (χ4n) is 2.00. The molecule has 0 aromatic rings. The molecule has 1 aliphatic heterocycles. The van der Waals surface area contributed by atoms with Crippen molar-refractivity contribution in [1.82, 2.24) is 10.2 Å². The van der Waals surface area contributed by atoms with Gasteiger partial charge in [-0.25, -0.2) is 18.0 Å². The normalized spacial score (nSPS) is 20.9. The number of carboxylic acid groups (broad SMARTS) is 1. The molecule has 2 amide bonds. The zero-order valence-corrected chi connectivity index (χ0v) is 12.9. The third-order valence-electron chi connectivity index (χ3n) is 3.22. The van der Waals surface area contributed by atoms with Crippen molar-refractivity contribution in [2.24, 2.45) is 5.41 Å². The van der Waals surface area contributed by atoms with Crippen LogP contribution in [0.3, 0.4) is 0 Å². The molecule has 0 spiro atoms. The summed E-state index contributed by atoms with van der Waals surface area (Å²) >= 11 is 0. The van der Waals surface area contributed by atoms with E-state index in [1.54, 1.807) is 20.8 Å². The van der Waals surface area contributed by atoms with Gasteiger partial charge in [-0.15, -0.1) is 0 Å². The Kier molecular flexibility index (Phi) is 5.01. The van der Waals surface area contributed by atoms with Crippen LogP contribution in [0.25, 0.3) is 0 Å². The summed E-state index contributed by atoms with van der Waals surface area (Å²) in [5.41, 5.74) is -0.626. The van der Waals surface area contributed by atoms with Gasteiger partial charge in [0.2, 0.25) is 0 Å². The topological polar surface area (TPSA) is 104 Å². The molecule has 1 atom stereocenters. The van der Waals surface area contributed by atoms with Crippen LogP contribution >= 0.6 is 0 Å². The van der Waals surface area contributed by atoms with E-state index in [0.29, 0.717) is 13.0 Å². The molecule has 20 heavy (non-hydrogen) atoms. The van der Waals surface area contributed by atoms with E-state index in [1.807, 2.05) is 0 Å². The van der Waals surface area contributed by atoms with E-state index >= 15 is 0 Å². The van der Waals surface area contributed by atoms with Crippen LogP contribution in [-0.2, 0) is 14.6 Å². The Labute approximate surface area is 119 Å². The summed E-state index contributed by atoms with van der Waals surface area (Å²) < 4.78 is 23.0. The number of hydrogen-bond acceptors (Lipinski definition) is 4. The van der Waals surface area contributed by atoms with Crippen LogP contribution in [0.15, 0.2) is 0 Å². The lowest BCUT2D eigenvalue weighted by Gasteiger charge is -2.30. The predicted molar refractivity (Wildman–Crippen MR) is 74.3 cm³/mol. The van der Waals surface area contributed by atoms with Crippen molar-refractivity contribution in [1.29, 1.82) is 0 Å². The van der Waals surface area contributed by atoms with Crippen LogP contribution in [0.5, 0.6) is 0 Å². The number of carboxylic acids is 1. The van der Waals surface area contributed by atoms with E-state index in [2.05, 4.69) is 5.32 Å². The van der Waals surface area contributed by atoms with Gasteiger partial charge < -0.3 is 15.3 Å². The van der Waals surface area contributed by atoms with Crippen molar-refractivity contribution in [2.75, 3.05) is 24.6 Å². The molecule has 116 valence electrons. The number of carbonyl (C=O) groups excluding carboxylic acids is 1. The molecular formula is C12H22N2O5S. The van der Waals surface area contributed by atoms with Crippen LogP contribution in [0.1, 0.15) is 27.2 Å². The van der Waals surface area contributed by atoms with Crippen molar-refractivity contribution in [3.63, 3.8) is 0 Å². The van der Waals surface area contributed by atoms with Gasteiger partial charge in [0.05, 0.1) is 11.5 Å². The van der Waals surface area contributed by atoms with Crippen LogP contribution in [0.4, 0.5) is 4.79 Å². The lowest BCUT2D eigenvalue weighted by Crippen LogP contribution is -2.53. The number of nitrogens with zero attached hydrogens (tertiary/aromatic N) is 1. The van der Waals surface area contributed by atoms with Crippen molar-refractivity contribution < 1.29 is 23.1 Å². The first-order valence-corrected chi connectivity index (χ1v) is 8.34. The van der Waals surface area contributed by atoms with Gasteiger partial charge in [0.25, 0.3) is 0 Å². The maximum atomic E-state index is 12.1. The second-order valence-electron chi connectivity index (χ2n) is 6.08. The Balaban J connectivity index is 2.73. The summed E-state index contributed by atoms with van der Waals surface area (Å²) in [4.78, 5) is 24.7. The second-order valence-corrected chi connectivity index (χ2v) is 8.38. The van der Waals surface area contributed by atoms with Gasteiger partial charge in [-0.2, -0.15) is 0 Å². The van der Waals surface area contributed by atoms with E-state index in [-0.39, 0.29) is 18.1 Å². The summed E-state index contributed by atoms with van der Waals surface area (Å²) in [5.74, 6) is -1.11. The lowest BCUT2D eigenvalue weighted by atomic mass is 9.87. The largest absolute Gasteiger partial charge is 0.480 e. The van der Waals surface area contributed by atoms with Crippen LogP contribution in [-0.4, -0.2) is 61.1 Å². The third kappa shape index (κ3) is 4.66.